The Hall–Kier alpha value is -3.16. The Kier molecular flexibility index (Phi) is 6.92. The highest BCUT2D eigenvalue weighted by Gasteiger charge is 2.64. The molecule has 0 spiro atoms. The van der Waals surface area contributed by atoms with Crippen LogP contribution in [0.4, 0.5) is 0 Å². The molecule has 0 N–H and O–H groups in total. The van der Waals surface area contributed by atoms with Gasteiger partial charge in [0, 0.05) is 6.42 Å². The minimum atomic E-state index is -4.42. The van der Waals surface area contributed by atoms with Crippen molar-refractivity contribution in [2.75, 3.05) is 14.2 Å². The van der Waals surface area contributed by atoms with E-state index in [9.17, 15) is 26.4 Å². The number of sulfone groups is 2. The second-order valence-electron chi connectivity index (χ2n) is 8.09. The number of ether oxygens (including phenoxy) is 2. The third-order valence-corrected chi connectivity index (χ3v) is 10.7. The molecule has 0 saturated heterocycles. The molecule has 0 radical (unpaired) electrons. The zero-order valence-electron chi connectivity index (χ0n) is 18.6. The van der Waals surface area contributed by atoms with Gasteiger partial charge in [-0.05, 0) is 37.1 Å². The average molecular weight is 505 g/mol. The molecule has 1 aliphatic carbocycles. The van der Waals surface area contributed by atoms with E-state index >= 15 is 0 Å². The number of carbonyl (C=O) groups excluding carboxylic acids is 2. The summed E-state index contributed by atoms with van der Waals surface area (Å²) in [6.45, 7) is 0. The summed E-state index contributed by atoms with van der Waals surface area (Å²) in [6.07, 6.45) is 4.03. The van der Waals surface area contributed by atoms with E-state index in [1.54, 1.807) is 12.1 Å². The monoisotopic (exact) mass is 504 g/mol. The van der Waals surface area contributed by atoms with Gasteiger partial charge in [-0.25, -0.2) is 16.8 Å². The number of methoxy groups -OCH3 is 2. The van der Waals surface area contributed by atoms with Gasteiger partial charge in [-0.15, -0.1) is 6.42 Å². The van der Waals surface area contributed by atoms with Crippen LogP contribution in [0.25, 0.3) is 0 Å². The second kappa shape index (κ2) is 9.24. The van der Waals surface area contributed by atoms with Crippen molar-refractivity contribution in [1.82, 2.24) is 0 Å². The Labute approximate surface area is 199 Å². The average Bonchev–Trinajstić information content (AvgIpc) is 2.88. The summed E-state index contributed by atoms with van der Waals surface area (Å²) >= 11 is 0. The molecule has 1 saturated carbocycles. The topological polar surface area (TPSA) is 121 Å². The molecule has 3 rings (SSSR count). The highest BCUT2D eigenvalue weighted by molar-refractivity contribution is 7.93. The summed E-state index contributed by atoms with van der Waals surface area (Å²) < 4.78 is 62.3. The van der Waals surface area contributed by atoms with E-state index < -0.39 is 66.3 Å². The molecule has 2 atom stereocenters. The van der Waals surface area contributed by atoms with Gasteiger partial charge < -0.3 is 9.47 Å². The van der Waals surface area contributed by atoms with Crippen LogP contribution >= 0.6 is 0 Å². The van der Waals surface area contributed by atoms with Gasteiger partial charge in [0.15, 0.2) is 25.1 Å². The first-order valence-electron chi connectivity index (χ1n) is 10.2. The number of benzene rings is 2. The second-order valence-corrected chi connectivity index (χ2v) is 12.6. The summed E-state index contributed by atoms with van der Waals surface area (Å²) in [4.78, 5) is 25.7. The predicted molar refractivity (Wildman–Crippen MR) is 123 cm³/mol. The van der Waals surface area contributed by atoms with E-state index in [4.69, 9.17) is 15.9 Å². The maximum atomic E-state index is 13.8. The highest BCUT2D eigenvalue weighted by Crippen LogP contribution is 2.51. The van der Waals surface area contributed by atoms with Crippen LogP contribution < -0.4 is 0 Å². The Bertz CT molecular complexity index is 1310. The zero-order chi connectivity index (χ0) is 25.2. The van der Waals surface area contributed by atoms with E-state index in [2.05, 4.69) is 5.92 Å². The molecular formula is C24H24O8S2. The van der Waals surface area contributed by atoms with Crippen molar-refractivity contribution in [2.45, 2.75) is 39.1 Å². The molecule has 0 aromatic heterocycles. The summed E-state index contributed by atoms with van der Waals surface area (Å²) in [7, 11) is -6.60. The predicted octanol–water partition coefficient (Wildman–Crippen LogP) is 2.19. The molecule has 8 nitrogen and oxygen atoms in total. The van der Waals surface area contributed by atoms with E-state index in [0.717, 1.165) is 14.2 Å². The van der Waals surface area contributed by atoms with E-state index in [0.29, 0.717) is 0 Å². The smallest absolute Gasteiger partial charge is 0.323 e. The van der Waals surface area contributed by atoms with Crippen molar-refractivity contribution in [1.29, 1.82) is 0 Å². The molecule has 0 aliphatic heterocycles. The minimum Gasteiger partial charge on any atom is -0.468 e. The normalized spacial score (nSPS) is 22.2. The van der Waals surface area contributed by atoms with Gasteiger partial charge in [-0.2, -0.15) is 0 Å². The SMILES string of the molecule is C#C[C@@]1(S(=O)(=O)c2ccccc2)C[C@H](S(=O)(=O)c2ccccc2)CC(C(=O)OC)(C(=O)OC)C1. The fraction of sp³-hybridized carbons (Fsp3) is 0.333. The molecule has 0 bridgehead atoms. The third-order valence-electron chi connectivity index (χ3n) is 6.21. The lowest BCUT2D eigenvalue weighted by molar-refractivity contribution is -0.172. The van der Waals surface area contributed by atoms with Crippen LogP contribution in [0, 0.1) is 17.8 Å². The Morgan fingerprint density at radius 2 is 1.32 bits per heavy atom. The van der Waals surface area contributed by atoms with E-state index in [-0.39, 0.29) is 9.79 Å². The van der Waals surface area contributed by atoms with Crippen molar-refractivity contribution < 1.29 is 35.9 Å². The van der Waals surface area contributed by atoms with Crippen molar-refractivity contribution in [3.8, 4) is 12.3 Å². The number of hydrogen-bond acceptors (Lipinski definition) is 8. The van der Waals surface area contributed by atoms with Gasteiger partial charge in [-0.3, -0.25) is 9.59 Å². The lowest BCUT2D eigenvalue weighted by atomic mass is 9.69. The summed E-state index contributed by atoms with van der Waals surface area (Å²) in [5.74, 6) is 0.0233. The van der Waals surface area contributed by atoms with Crippen LogP contribution in [0.3, 0.4) is 0 Å². The molecule has 0 amide bonds. The quantitative estimate of drug-likeness (QED) is 0.333. The summed E-state index contributed by atoms with van der Waals surface area (Å²) in [5.41, 5.74) is -2.25. The lowest BCUT2D eigenvalue weighted by Crippen LogP contribution is -2.58. The zero-order valence-corrected chi connectivity index (χ0v) is 20.3. The van der Waals surface area contributed by atoms with Crippen molar-refractivity contribution in [3.05, 3.63) is 60.7 Å². The number of rotatable bonds is 6. The lowest BCUT2D eigenvalue weighted by Gasteiger charge is -2.44. The molecule has 2 aromatic rings. The van der Waals surface area contributed by atoms with Crippen LogP contribution in [0.1, 0.15) is 19.3 Å². The van der Waals surface area contributed by atoms with Crippen molar-refractivity contribution in [3.63, 3.8) is 0 Å². The molecule has 180 valence electrons. The Balaban J connectivity index is 2.32. The molecule has 34 heavy (non-hydrogen) atoms. The van der Waals surface area contributed by atoms with Gasteiger partial charge in [0.1, 0.15) is 4.75 Å². The first-order chi connectivity index (χ1) is 16.0. The van der Waals surface area contributed by atoms with Crippen molar-refractivity contribution in [2.24, 2.45) is 5.41 Å². The summed E-state index contributed by atoms with van der Waals surface area (Å²) in [5, 5.41) is -1.49. The molecular weight excluding hydrogens is 480 g/mol. The summed E-state index contributed by atoms with van der Waals surface area (Å²) in [6, 6.07) is 14.6. The molecule has 1 aliphatic rings. The first-order valence-corrected chi connectivity index (χ1v) is 13.3. The fourth-order valence-electron chi connectivity index (χ4n) is 4.49. The maximum absolute atomic E-state index is 13.8. The van der Waals surface area contributed by atoms with Crippen LogP contribution in [0.15, 0.2) is 70.5 Å². The first kappa shape index (κ1) is 25.5. The van der Waals surface area contributed by atoms with Gasteiger partial charge in [0.25, 0.3) is 0 Å². The van der Waals surface area contributed by atoms with Gasteiger partial charge in [0.05, 0.1) is 29.3 Å². The van der Waals surface area contributed by atoms with E-state index in [1.807, 2.05) is 0 Å². The van der Waals surface area contributed by atoms with Gasteiger partial charge in [-0.1, -0.05) is 42.3 Å². The van der Waals surface area contributed by atoms with Crippen molar-refractivity contribution >= 4 is 31.6 Å². The van der Waals surface area contributed by atoms with Gasteiger partial charge in [0.2, 0.25) is 0 Å². The molecule has 10 heteroatoms. The van der Waals surface area contributed by atoms with Gasteiger partial charge >= 0.3 is 11.9 Å². The molecule has 1 fully saturated rings. The van der Waals surface area contributed by atoms with Crippen LogP contribution in [0.2, 0.25) is 0 Å². The molecule has 0 unspecified atom stereocenters. The number of esters is 2. The Morgan fingerprint density at radius 1 is 0.853 bits per heavy atom. The maximum Gasteiger partial charge on any atom is 0.323 e. The highest BCUT2D eigenvalue weighted by atomic mass is 32.2. The fourth-order valence-corrected chi connectivity index (χ4v) is 8.50. The Morgan fingerprint density at radius 3 is 1.76 bits per heavy atom. The number of hydrogen-bond donors (Lipinski definition) is 0. The molecule has 0 heterocycles. The van der Waals surface area contributed by atoms with Crippen LogP contribution in [0.5, 0.6) is 0 Å². The largest absolute Gasteiger partial charge is 0.468 e. The number of terminal acetylenes is 1. The number of carbonyl (C=O) groups is 2. The molecule has 2 aromatic carbocycles. The van der Waals surface area contributed by atoms with Crippen LogP contribution in [-0.4, -0.2) is 53.0 Å². The minimum absolute atomic E-state index is 0.0893. The third kappa shape index (κ3) is 3.99. The standard InChI is InChI=1S/C24H24O8S2/c1-4-23(34(29,30)19-13-9-6-10-14-19)15-20(33(27,28)18-11-7-5-8-12-18)16-24(17-23,21(25)31-2)22(26)32-3/h1,5-14,20H,15-17H2,2-3H3/t20-,23+/m0/s1. The van der Waals surface area contributed by atoms with Crippen LogP contribution in [-0.2, 0) is 38.7 Å². The van der Waals surface area contributed by atoms with E-state index in [1.165, 1.54) is 48.5 Å².